The fraction of sp³-hybridized carbons (Fsp3) is 0.533. The van der Waals surface area contributed by atoms with Crippen molar-refractivity contribution in [1.82, 2.24) is 5.32 Å². The predicted octanol–water partition coefficient (Wildman–Crippen LogP) is 2.50. The summed E-state index contributed by atoms with van der Waals surface area (Å²) in [5.74, 6) is 0.342. The summed E-state index contributed by atoms with van der Waals surface area (Å²) < 4.78 is 5.61. The molecule has 0 amide bonds. The average Bonchev–Trinajstić information content (AvgIpc) is 2.93. The Bertz CT molecular complexity index is 540. The lowest BCUT2D eigenvalue weighted by Gasteiger charge is -2.17. The van der Waals surface area contributed by atoms with Gasteiger partial charge in [-0.25, -0.2) is 0 Å². The highest BCUT2D eigenvalue weighted by atomic mass is 35.5. The number of nitrogens with one attached hydrogen (secondary N) is 1. The van der Waals surface area contributed by atoms with E-state index in [9.17, 15) is 0 Å². The first-order valence-electron chi connectivity index (χ1n) is 7.27. The molecule has 1 saturated heterocycles. The third-order valence-electron chi connectivity index (χ3n) is 3.66. The molecule has 5 nitrogen and oxygen atoms in total. The minimum absolute atomic E-state index is 0.0203. The zero-order valence-corrected chi connectivity index (χ0v) is 13.9. The Morgan fingerprint density at radius 1 is 1.45 bits per heavy atom. The quantitative estimate of drug-likeness (QED) is 0.565. The van der Waals surface area contributed by atoms with Crippen LogP contribution in [0.25, 0.3) is 0 Å². The molecule has 1 aliphatic rings. The van der Waals surface area contributed by atoms with Gasteiger partial charge in [-0.1, -0.05) is 29.3 Å². The lowest BCUT2D eigenvalue weighted by Crippen LogP contribution is -2.34. The number of benzene rings is 1. The molecule has 1 aromatic carbocycles. The molecule has 1 aliphatic heterocycles. The number of nitrogens with zero attached hydrogens (tertiary/aromatic N) is 1. The van der Waals surface area contributed by atoms with Crippen molar-refractivity contribution in [3.8, 4) is 0 Å². The van der Waals surface area contributed by atoms with Gasteiger partial charge in [0.05, 0.1) is 31.4 Å². The number of guanidine groups is 1. The topological polar surface area (TPSA) is 79.9 Å². The van der Waals surface area contributed by atoms with E-state index in [0.29, 0.717) is 22.5 Å². The summed E-state index contributed by atoms with van der Waals surface area (Å²) in [6.07, 6.45) is 1.70. The Balaban J connectivity index is 1.88. The number of ether oxygens (including phenoxy) is 1. The van der Waals surface area contributed by atoms with Crippen molar-refractivity contribution in [2.24, 2.45) is 10.7 Å². The maximum absolute atomic E-state index is 9.03. The molecule has 0 bridgehead atoms. The first-order chi connectivity index (χ1) is 10.5. The van der Waals surface area contributed by atoms with E-state index in [4.69, 9.17) is 38.8 Å². The molecule has 2 rings (SSSR count). The molecule has 1 aromatic rings. The summed E-state index contributed by atoms with van der Waals surface area (Å²) in [5, 5.41) is 13.3. The minimum atomic E-state index is -0.0804. The van der Waals surface area contributed by atoms with Gasteiger partial charge in [0, 0.05) is 10.0 Å². The summed E-state index contributed by atoms with van der Waals surface area (Å²) in [7, 11) is 0. The summed E-state index contributed by atoms with van der Waals surface area (Å²) in [6, 6.07) is 5.27. The van der Waals surface area contributed by atoms with Crippen LogP contribution in [0.15, 0.2) is 23.2 Å². The minimum Gasteiger partial charge on any atom is -0.394 e. The van der Waals surface area contributed by atoms with Crippen molar-refractivity contribution in [2.75, 3.05) is 13.2 Å². The normalized spacial score (nSPS) is 23.5. The van der Waals surface area contributed by atoms with Crippen LogP contribution in [0.2, 0.25) is 10.0 Å². The smallest absolute Gasteiger partial charge is 0.189 e. The van der Waals surface area contributed by atoms with Crippen LogP contribution in [0.3, 0.4) is 0 Å². The number of nitrogens with two attached hydrogens (primary N) is 1. The summed E-state index contributed by atoms with van der Waals surface area (Å²) in [6.45, 7) is 2.49. The second kappa shape index (κ2) is 8.02. The molecule has 7 heteroatoms. The highest BCUT2D eigenvalue weighted by Gasteiger charge is 2.24. The number of hydrogen-bond acceptors (Lipinski definition) is 3. The van der Waals surface area contributed by atoms with Crippen LogP contribution < -0.4 is 11.1 Å². The van der Waals surface area contributed by atoms with Crippen molar-refractivity contribution < 1.29 is 9.84 Å². The van der Waals surface area contributed by atoms with E-state index in [0.717, 1.165) is 18.4 Å². The Hall–Kier alpha value is -1.01. The maximum atomic E-state index is 9.03. The van der Waals surface area contributed by atoms with Crippen molar-refractivity contribution in [3.05, 3.63) is 33.8 Å². The second-order valence-corrected chi connectivity index (χ2v) is 6.24. The molecule has 1 unspecified atom stereocenters. The number of aliphatic hydroxyl groups excluding tert-OH is 1. The number of rotatable bonds is 5. The first-order valence-corrected chi connectivity index (χ1v) is 8.03. The predicted molar refractivity (Wildman–Crippen MR) is 89.5 cm³/mol. The molecule has 0 aromatic heterocycles. The largest absolute Gasteiger partial charge is 0.394 e. The number of hydrogen-bond donors (Lipinski definition) is 3. The lowest BCUT2D eigenvalue weighted by atomic mass is 10.1. The van der Waals surface area contributed by atoms with E-state index in [2.05, 4.69) is 10.3 Å². The summed E-state index contributed by atoms with van der Waals surface area (Å²) >= 11 is 12.1. The molecular formula is C15H21Cl2N3O2. The maximum Gasteiger partial charge on any atom is 0.189 e. The van der Waals surface area contributed by atoms with Gasteiger partial charge in [0.1, 0.15) is 0 Å². The molecule has 122 valence electrons. The van der Waals surface area contributed by atoms with Gasteiger partial charge in [-0.3, -0.25) is 4.99 Å². The van der Waals surface area contributed by atoms with Gasteiger partial charge in [0.15, 0.2) is 5.96 Å². The van der Waals surface area contributed by atoms with Gasteiger partial charge < -0.3 is 20.9 Å². The van der Waals surface area contributed by atoms with Crippen LogP contribution in [0.5, 0.6) is 0 Å². The van der Waals surface area contributed by atoms with Crippen LogP contribution in [0, 0.1) is 0 Å². The van der Waals surface area contributed by atoms with Crippen LogP contribution in [0.1, 0.15) is 31.4 Å². The van der Waals surface area contributed by atoms with E-state index in [1.165, 1.54) is 0 Å². The van der Waals surface area contributed by atoms with Gasteiger partial charge in [-0.2, -0.15) is 0 Å². The molecule has 3 atom stereocenters. The Morgan fingerprint density at radius 2 is 2.18 bits per heavy atom. The molecule has 0 spiro atoms. The van der Waals surface area contributed by atoms with Crippen LogP contribution in [-0.4, -0.2) is 36.4 Å². The van der Waals surface area contributed by atoms with Gasteiger partial charge in [0.25, 0.3) is 0 Å². The lowest BCUT2D eigenvalue weighted by molar-refractivity contribution is 0.0160. The van der Waals surface area contributed by atoms with Gasteiger partial charge in [-0.15, -0.1) is 0 Å². The highest BCUT2D eigenvalue weighted by molar-refractivity contribution is 6.35. The SMILES string of the molecule is CC(NC(N)=NC[C@H]1CC[C@@H](CO)O1)c1ccc(Cl)cc1Cl. The van der Waals surface area contributed by atoms with E-state index in [1.54, 1.807) is 12.1 Å². The monoisotopic (exact) mass is 345 g/mol. The fourth-order valence-corrected chi connectivity index (χ4v) is 3.02. The Kier molecular flexibility index (Phi) is 6.32. The van der Waals surface area contributed by atoms with Gasteiger partial charge in [-0.05, 0) is 37.5 Å². The number of aliphatic hydroxyl groups is 1. The molecule has 1 heterocycles. The molecule has 0 aliphatic carbocycles. The van der Waals surface area contributed by atoms with E-state index in [1.807, 2.05) is 13.0 Å². The Labute approximate surface area is 140 Å². The summed E-state index contributed by atoms with van der Waals surface area (Å²) in [4.78, 5) is 4.30. The third kappa shape index (κ3) is 4.74. The molecular weight excluding hydrogens is 325 g/mol. The van der Waals surface area contributed by atoms with Crippen LogP contribution in [0.4, 0.5) is 0 Å². The molecule has 4 N–H and O–H groups in total. The van der Waals surface area contributed by atoms with Crippen molar-refractivity contribution in [2.45, 2.75) is 38.0 Å². The molecule has 1 fully saturated rings. The highest BCUT2D eigenvalue weighted by Crippen LogP contribution is 2.26. The van der Waals surface area contributed by atoms with Crippen LogP contribution in [-0.2, 0) is 4.74 Å². The van der Waals surface area contributed by atoms with E-state index >= 15 is 0 Å². The fourth-order valence-electron chi connectivity index (χ4n) is 2.45. The molecule has 0 radical (unpaired) electrons. The standard InChI is InChI=1S/C15H21Cl2N3O2/c1-9(13-5-2-10(16)6-14(13)17)20-15(18)19-7-11-3-4-12(8-21)22-11/h2,5-6,9,11-12,21H,3-4,7-8H2,1H3,(H3,18,19,20)/t9?,11-,12+/m1/s1. The van der Waals surface area contributed by atoms with Crippen molar-refractivity contribution >= 4 is 29.2 Å². The van der Waals surface area contributed by atoms with Crippen molar-refractivity contribution in [3.63, 3.8) is 0 Å². The number of aliphatic imine (C=N–C) groups is 1. The molecule has 0 saturated carbocycles. The van der Waals surface area contributed by atoms with Gasteiger partial charge >= 0.3 is 0 Å². The van der Waals surface area contributed by atoms with Crippen LogP contribution >= 0.6 is 23.2 Å². The second-order valence-electron chi connectivity index (χ2n) is 5.40. The van der Waals surface area contributed by atoms with Gasteiger partial charge in [0.2, 0.25) is 0 Å². The Morgan fingerprint density at radius 3 is 2.82 bits per heavy atom. The summed E-state index contributed by atoms with van der Waals surface area (Å²) in [5.41, 5.74) is 6.81. The third-order valence-corrected chi connectivity index (χ3v) is 4.22. The number of halogens is 2. The van der Waals surface area contributed by atoms with E-state index in [-0.39, 0.29) is 24.9 Å². The zero-order chi connectivity index (χ0) is 16.1. The molecule has 22 heavy (non-hydrogen) atoms. The van der Waals surface area contributed by atoms with E-state index < -0.39 is 0 Å². The van der Waals surface area contributed by atoms with Crippen molar-refractivity contribution in [1.29, 1.82) is 0 Å². The zero-order valence-electron chi connectivity index (χ0n) is 12.4. The first kappa shape index (κ1) is 17.3. The average molecular weight is 346 g/mol.